The van der Waals surface area contributed by atoms with Crippen LogP contribution < -0.4 is 14.2 Å². The van der Waals surface area contributed by atoms with Gasteiger partial charge in [-0.25, -0.2) is 0 Å². The summed E-state index contributed by atoms with van der Waals surface area (Å²) in [5.74, 6) is 0.440. The van der Waals surface area contributed by atoms with Crippen molar-refractivity contribution in [1.29, 1.82) is 0 Å². The normalized spacial score (nSPS) is 10.4. The molecule has 5 heteroatoms. The van der Waals surface area contributed by atoms with Crippen LogP contribution in [-0.4, -0.2) is 18.5 Å². The van der Waals surface area contributed by atoms with Crippen LogP contribution in [0.4, 0.5) is 0 Å². The summed E-state index contributed by atoms with van der Waals surface area (Å²) in [6, 6.07) is 8.87. The minimum atomic E-state index is -0.352. The van der Waals surface area contributed by atoms with Gasteiger partial charge in [0.15, 0.2) is 11.5 Å². The van der Waals surface area contributed by atoms with E-state index in [1.54, 1.807) is 26.0 Å². The highest BCUT2D eigenvalue weighted by Gasteiger charge is 2.18. The molecule has 5 nitrogen and oxygen atoms in total. The third kappa shape index (κ3) is 3.80. The molecule has 0 aliphatic rings. The van der Waals surface area contributed by atoms with Crippen LogP contribution in [-0.2, 0) is 9.59 Å². The molecular formula is C18H20O5. The van der Waals surface area contributed by atoms with Gasteiger partial charge < -0.3 is 14.2 Å². The Morgan fingerprint density at radius 1 is 0.870 bits per heavy atom. The lowest BCUT2D eigenvalue weighted by Gasteiger charge is -2.16. The second-order valence-electron chi connectivity index (χ2n) is 4.84. The number of hydrogen-bond acceptors (Lipinski definition) is 5. The van der Waals surface area contributed by atoms with Crippen LogP contribution in [0.25, 0.3) is 10.8 Å². The molecule has 2 rings (SSSR count). The zero-order valence-corrected chi connectivity index (χ0v) is 13.5. The molecule has 122 valence electrons. The van der Waals surface area contributed by atoms with Gasteiger partial charge >= 0.3 is 11.9 Å². The molecule has 0 radical (unpaired) electrons. The first-order valence-corrected chi connectivity index (χ1v) is 7.70. The van der Waals surface area contributed by atoms with Crippen LogP contribution in [0.3, 0.4) is 0 Å². The second kappa shape index (κ2) is 7.63. The maximum Gasteiger partial charge on any atom is 0.311 e. The minimum absolute atomic E-state index is 0.256. The lowest BCUT2D eigenvalue weighted by molar-refractivity contribution is -0.135. The molecule has 0 atom stereocenters. The maximum atomic E-state index is 11.7. The summed E-state index contributed by atoms with van der Waals surface area (Å²) in [5, 5.41) is 1.36. The molecule has 0 fully saturated rings. The van der Waals surface area contributed by atoms with Crippen LogP contribution in [0, 0.1) is 0 Å². The average molecular weight is 316 g/mol. The summed E-state index contributed by atoms with van der Waals surface area (Å²) >= 11 is 0. The molecule has 0 unspecified atom stereocenters. The van der Waals surface area contributed by atoms with Gasteiger partial charge in [-0.05, 0) is 6.92 Å². The number of fused-ring (bicyclic) bond motifs is 1. The fourth-order valence-corrected chi connectivity index (χ4v) is 2.12. The number of esters is 2. The molecule has 0 spiro atoms. The van der Waals surface area contributed by atoms with E-state index in [0.29, 0.717) is 34.6 Å². The summed E-state index contributed by atoms with van der Waals surface area (Å²) in [6.45, 7) is 5.68. The highest BCUT2D eigenvalue weighted by atomic mass is 16.6. The summed E-state index contributed by atoms with van der Waals surface area (Å²) in [4.78, 5) is 23.4. The predicted molar refractivity (Wildman–Crippen MR) is 87.0 cm³/mol. The molecule has 0 aliphatic heterocycles. The van der Waals surface area contributed by atoms with E-state index in [1.165, 1.54) is 0 Å². The van der Waals surface area contributed by atoms with Crippen LogP contribution in [0.1, 0.15) is 33.6 Å². The third-order valence-electron chi connectivity index (χ3n) is 3.24. The predicted octanol–water partition coefficient (Wildman–Crippen LogP) is 3.87. The Morgan fingerprint density at radius 2 is 1.48 bits per heavy atom. The van der Waals surface area contributed by atoms with Gasteiger partial charge in [-0.2, -0.15) is 0 Å². The number of carbonyl (C=O) groups excluding carboxylic acids is 2. The number of hydrogen-bond donors (Lipinski definition) is 0. The van der Waals surface area contributed by atoms with Gasteiger partial charge in [0, 0.05) is 29.7 Å². The third-order valence-corrected chi connectivity index (χ3v) is 3.24. The van der Waals surface area contributed by atoms with Crippen molar-refractivity contribution in [3.05, 3.63) is 30.3 Å². The molecule has 0 amide bonds. The Kier molecular flexibility index (Phi) is 5.57. The van der Waals surface area contributed by atoms with Crippen molar-refractivity contribution in [3.8, 4) is 17.2 Å². The molecule has 0 aliphatic carbocycles. The standard InChI is InChI=1S/C18H20O5/c1-4-16(19)22-14-11-15(21-6-3)18(23-17(20)5-2)13-10-8-7-9-12(13)14/h7-11H,4-6H2,1-3H3. The molecule has 0 saturated carbocycles. The van der Waals surface area contributed by atoms with Crippen LogP contribution >= 0.6 is 0 Å². The summed E-state index contributed by atoms with van der Waals surface area (Å²) in [6.07, 6.45) is 0.525. The van der Waals surface area contributed by atoms with Crippen molar-refractivity contribution in [3.63, 3.8) is 0 Å². The summed E-state index contributed by atoms with van der Waals surface area (Å²) < 4.78 is 16.4. The van der Waals surface area contributed by atoms with E-state index in [0.717, 1.165) is 0 Å². The van der Waals surface area contributed by atoms with Gasteiger partial charge in [-0.1, -0.05) is 38.1 Å². The van der Waals surface area contributed by atoms with Gasteiger partial charge in [0.1, 0.15) is 5.75 Å². The largest absolute Gasteiger partial charge is 0.490 e. The summed E-state index contributed by atoms with van der Waals surface area (Å²) in [7, 11) is 0. The van der Waals surface area contributed by atoms with E-state index >= 15 is 0 Å². The monoisotopic (exact) mass is 316 g/mol. The molecule has 0 saturated heterocycles. The van der Waals surface area contributed by atoms with E-state index in [2.05, 4.69) is 0 Å². The van der Waals surface area contributed by atoms with Crippen molar-refractivity contribution < 1.29 is 23.8 Å². The van der Waals surface area contributed by atoms with E-state index < -0.39 is 0 Å². The van der Waals surface area contributed by atoms with E-state index in [9.17, 15) is 9.59 Å². The molecule has 23 heavy (non-hydrogen) atoms. The Labute approximate surface area is 135 Å². The first-order valence-electron chi connectivity index (χ1n) is 7.70. The maximum absolute atomic E-state index is 11.7. The molecular weight excluding hydrogens is 296 g/mol. The van der Waals surface area contributed by atoms with Crippen molar-refractivity contribution in [2.45, 2.75) is 33.6 Å². The molecule has 0 bridgehead atoms. The number of rotatable bonds is 6. The summed E-state index contributed by atoms with van der Waals surface area (Å²) in [5.41, 5.74) is 0. The molecule has 2 aromatic rings. The SMILES string of the molecule is CCOc1cc(OC(=O)CC)c2ccccc2c1OC(=O)CC. The van der Waals surface area contributed by atoms with Crippen LogP contribution in [0.2, 0.25) is 0 Å². The van der Waals surface area contributed by atoms with Crippen molar-refractivity contribution in [2.24, 2.45) is 0 Å². The van der Waals surface area contributed by atoms with Gasteiger partial charge in [0.05, 0.1) is 6.61 Å². The Morgan fingerprint density at radius 3 is 2.09 bits per heavy atom. The van der Waals surface area contributed by atoms with E-state index in [4.69, 9.17) is 14.2 Å². The van der Waals surface area contributed by atoms with Crippen LogP contribution in [0.5, 0.6) is 17.2 Å². The van der Waals surface area contributed by atoms with Gasteiger partial charge in [-0.3, -0.25) is 9.59 Å². The Bertz CT molecular complexity index is 721. The fraction of sp³-hybridized carbons (Fsp3) is 0.333. The first kappa shape index (κ1) is 16.8. The highest BCUT2D eigenvalue weighted by Crippen LogP contribution is 2.42. The first-order chi connectivity index (χ1) is 11.1. The second-order valence-corrected chi connectivity index (χ2v) is 4.84. The average Bonchev–Trinajstić information content (AvgIpc) is 2.57. The Hall–Kier alpha value is -2.56. The van der Waals surface area contributed by atoms with Crippen molar-refractivity contribution >= 4 is 22.7 Å². The van der Waals surface area contributed by atoms with E-state index in [1.807, 2.05) is 25.1 Å². The topological polar surface area (TPSA) is 61.8 Å². The van der Waals surface area contributed by atoms with E-state index in [-0.39, 0.29) is 24.8 Å². The van der Waals surface area contributed by atoms with Crippen molar-refractivity contribution in [1.82, 2.24) is 0 Å². The smallest absolute Gasteiger partial charge is 0.311 e. The van der Waals surface area contributed by atoms with Gasteiger partial charge in [-0.15, -0.1) is 0 Å². The Balaban J connectivity index is 2.63. The zero-order chi connectivity index (χ0) is 16.8. The lowest BCUT2D eigenvalue weighted by Crippen LogP contribution is -2.10. The van der Waals surface area contributed by atoms with Gasteiger partial charge in [0.25, 0.3) is 0 Å². The molecule has 0 heterocycles. The zero-order valence-electron chi connectivity index (χ0n) is 13.5. The molecule has 2 aromatic carbocycles. The lowest BCUT2D eigenvalue weighted by atomic mass is 10.1. The van der Waals surface area contributed by atoms with Crippen LogP contribution in [0.15, 0.2) is 30.3 Å². The minimum Gasteiger partial charge on any atom is -0.490 e. The fourth-order valence-electron chi connectivity index (χ4n) is 2.12. The molecule has 0 N–H and O–H groups in total. The number of ether oxygens (including phenoxy) is 3. The number of benzene rings is 2. The number of carbonyl (C=O) groups is 2. The quantitative estimate of drug-likeness (QED) is 0.598. The van der Waals surface area contributed by atoms with Gasteiger partial charge in [0.2, 0.25) is 0 Å². The highest BCUT2D eigenvalue weighted by molar-refractivity contribution is 5.98. The molecule has 0 aromatic heterocycles. The van der Waals surface area contributed by atoms with Crippen molar-refractivity contribution in [2.75, 3.05) is 6.61 Å².